The van der Waals surface area contributed by atoms with Crippen molar-refractivity contribution < 1.29 is 14.3 Å². The van der Waals surface area contributed by atoms with Crippen molar-refractivity contribution in [1.82, 2.24) is 5.32 Å². The molecule has 0 saturated heterocycles. The fraction of sp³-hybridized carbons (Fsp3) is 0.278. The molecule has 0 saturated carbocycles. The van der Waals surface area contributed by atoms with E-state index in [9.17, 15) is 14.3 Å². The highest BCUT2D eigenvalue weighted by atomic mass is 19.1. The Bertz CT molecular complexity index is 631. The average molecular weight is 316 g/mol. The molecule has 0 aliphatic carbocycles. The molecule has 5 heteroatoms. The van der Waals surface area contributed by atoms with Crippen LogP contribution in [0.4, 0.5) is 14.9 Å². The van der Waals surface area contributed by atoms with Crippen LogP contribution in [0.5, 0.6) is 0 Å². The molecule has 23 heavy (non-hydrogen) atoms. The highest BCUT2D eigenvalue weighted by Gasteiger charge is 2.19. The number of carbonyl (C=O) groups is 1. The first-order valence-corrected chi connectivity index (χ1v) is 7.49. The minimum atomic E-state index is -0.692. The van der Waals surface area contributed by atoms with Gasteiger partial charge in [-0.25, -0.2) is 9.18 Å². The van der Waals surface area contributed by atoms with Crippen molar-refractivity contribution >= 4 is 11.7 Å². The van der Waals surface area contributed by atoms with Crippen molar-refractivity contribution in [3.63, 3.8) is 0 Å². The number of amides is 2. The molecule has 2 N–H and O–H groups in total. The molecule has 0 aliphatic heterocycles. The Labute approximate surface area is 135 Å². The van der Waals surface area contributed by atoms with Crippen LogP contribution in [0.1, 0.15) is 12.5 Å². The summed E-state index contributed by atoms with van der Waals surface area (Å²) in [5.41, 5.74) is 1.58. The van der Waals surface area contributed by atoms with Crippen LogP contribution in [-0.4, -0.2) is 30.3 Å². The largest absolute Gasteiger partial charge is 0.391 e. The maximum absolute atomic E-state index is 12.9. The Hall–Kier alpha value is -2.40. The van der Waals surface area contributed by atoms with Crippen molar-refractivity contribution in [2.45, 2.75) is 25.5 Å². The molecule has 0 aliphatic rings. The number of aliphatic hydroxyl groups excluding tert-OH is 1. The van der Waals surface area contributed by atoms with E-state index in [2.05, 4.69) is 5.32 Å². The average Bonchev–Trinajstić information content (AvgIpc) is 2.55. The molecule has 0 aromatic heterocycles. The molecule has 4 nitrogen and oxygen atoms in total. The van der Waals surface area contributed by atoms with Gasteiger partial charge in [-0.05, 0) is 36.8 Å². The predicted molar refractivity (Wildman–Crippen MR) is 88.9 cm³/mol. The standard InChI is InChI=1S/C18H21FN2O2/c1-13(17(22)12-14-6-4-3-5-7-14)20-18(23)21(2)16-10-8-15(19)9-11-16/h3-11,13,17,22H,12H2,1-2H3,(H,20,23)/t13-,17-/m1/s1. The topological polar surface area (TPSA) is 52.6 Å². The fourth-order valence-electron chi connectivity index (χ4n) is 2.20. The maximum atomic E-state index is 12.9. The number of anilines is 1. The van der Waals surface area contributed by atoms with Crippen molar-refractivity contribution in [3.05, 3.63) is 66.0 Å². The minimum Gasteiger partial charge on any atom is -0.391 e. The molecule has 2 aromatic rings. The number of nitrogens with zero attached hydrogens (tertiary/aromatic N) is 1. The first-order chi connectivity index (χ1) is 11.0. The summed E-state index contributed by atoms with van der Waals surface area (Å²) < 4.78 is 12.9. The summed E-state index contributed by atoms with van der Waals surface area (Å²) in [6.45, 7) is 1.75. The number of nitrogens with one attached hydrogen (secondary N) is 1. The highest BCUT2D eigenvalue weighted by molar-refractivity contribution is 5.91. The van der Waals surface area contributed by atoms with Crippen LogP contribution in [0.3, 0.4) is 0 Å². The summed E-state index contributed by atoms with van der Waals surface area (Å²) in [5, 5.41) is 13.0. The molecule has 2 aromatic carbocycles. The van der Waals surface area contributed by atoms with Gasteiger partial charge in [0.1, 0.15) is 5.82 Å². The number of halogens is 1. The van der Waals surface area contributed by atoms with E-state index in [4.69, 9.17) is 0 Å². The van der Waals surface area contributed by atoms with Crippen LogP contribution in [0.2, 0.25) is 0 Å². The van der Waals surface area contributed by atoms with Crippen molar-refractivity contribution in [2.24, 2.45) is 0 Å². The second-order valence-electron chi connectivity index (χ2n) is 5.53. The third kappa shape index (κ3) is 4.79. The number of benzene rings is 2. The van der Waals surface area contributed by atoms with Gasteiger partial charge >= 0.3 is 6.03 Å². The molecular weight excluding hydrogens is 295 g/mol. The van der Waals surface area contributed by atoms with E-state index < -0.39 is 12.1 Å². The number of aliphatic hydroxyl groups is 1. The molecule has 122 valence electrons. The van der Waals surface area contributed by atoms with E-state index in [1.54, 1.807) is 14.0 Å². The summed E-state index contributed by atoms with van der Waals surface area (Å²) in [4.78, 5) is 13.6. The van der Waals surface area contributed by atoms with Crippen LogP contribution in [-0.2, 0) is 6.42 Å². The molecule has 0 spiro atoms. The summed E-state index contributed by atoms with van der Waals surface area (Å²) in [6.07, 6.45) is -0.231. The van der Waals surface area contributed by atoms with Crippen molar-refractivity contribution in [1.29, 1.82) is 0 Å². The van der Waals surface area contributed by atoms with Gasteiger partial charge < -0.3 is 10.4 Å². The zero-order chi connectivity index (χ0) is 16.8. The molecular formula is C18H21FN2O2. The van der Waals surface area contributed by atoms with Gasteiger partial charge in [0.25, 0.3) is 0 Å². The quantitative estimate of drug-likeness (QED) is 0.891. The Balaban J connectivity index is 1.92. The van der Waals surface area contributed by atoms with Gasteiger partial charge in [0.2, 0.25) is 0 Å². The fourth-order valence-corrected chi connectivity index (χ4v) is 2.20. The predicted octanol–water partition coefficient (Wildman–Crippen LogP) is 2.96. The van der Waals surface area contributed by atoms with E-state index in [0.29, 0.717) is 12.1 Å². The smallest absolute Gasteiger partial charge is 0.321 e. The lowest BCUT2D eigenvalue weighted by atomic mass is 10.0. The summed E-state index contributed by atoms with van der Waals surface area (Å²) >= 11 is 0. The summed E-state index contributed by atoms with van der Waals surface area (Å²) in [6, 6.07) is 14.5. The number of hydrogen-bond acceptors (Lipinski definition) is 2. The van der Waals surface area contributed by atoms with Crippen LogP contribution < -0.4 is 10.2 Å². The second-order valence-corrected chi connectivity index (χ2v) is 5.53. The molecule has 2 atom stereocenters. The van der Waals surface area contributed by atoms with E-state index in [1.807, 2.05) is 30.3 Å². The zero-order valence-electron chi connectivity index (χ0n) is 13.2. The van der Waals surface area contributed by atoms with Gasteiger partial charge in [0, 0.05) is 19.2 Å². The van der Waals surface area contributed by atoms with Crippen LogP contribution in [0.25, 0.3) is 0 Å². The normalized spacial score (nSPS) is 13.2. The van der Waals surface area contributed by atoms with E-state index in [0.717, 1.165) is 5.56 Å². The SMILES string of the molecule is C[C@@H](NC(=O)N(C)c1ccc(F)cc1)[C@H](O)Cc1ccccc1. The zero-order valence-corrected chi connectivity index (χ0v) is 13.2. The van der Waals surface area contributed by atoms with Gasteiger partial charge in [-0.3, -0.25) is 4.90 Å². The molecule has 0 heterocycles. The number of carbonyl (C=O) groups excluding carboxylic acids is 1. The Morgan fingerprint density at radius 1 is 1.17 bits per heavy atom. The van der Waals surface area contributed by atoms with Crippen LogP contribution >= 0.6 is 0 Å². The minimum absolute atomic E-state index is 0.351. The number of urea groups is 1. The summed E-state index contributed by atoms with van der Waals surface area (Å²) in [5.74, 6) is -0.353. The van der Waals surface area contributed by atoms with Crippen molar-refractivity contribution in [2.75, 3.05) is 11.9 Å². The first-order valence-electron chi connectivity index (χ1n) is 7.49. The van der Waals surface area contributed by atoms with Gasteiger partial charge in [0.05, 0.1) is 12.1 Å². The lowest BCUT2D eigenvalue weighted by molar-refractivity contribution is 0.137. The Kier molecular flexibility index (Phi) is 5.71. The van der Waals surface area contributed by atoms with E-state index >= 15 is 0 Å². The maximum Gasteiger partial charge on any atom is 0.321 e. The third-order valence-electron chi connectivity index (χ3n) is 3.73. The summed E-state index contributed by atoms with van der Waals surface area (Å²) in [7, 11) is 1.60. The number of hydrogen-bond donors (Lipinski definition) is 2. The van der Waals surface area contributed by atoms with Crippen LogP contribution in [0.15, 0.2) is 54.6 Å². The molecule has 2 amide bonds. The monoisotopic (exact) mass is 316 g/mol. The van der Waals surface area contributed by atoms with Gasteiger partial charge in [-0.15, -0.1) is 0 Å². The van der Waals surface area contributed by atoms with Gasteiger partial charge in [-0.2, -0.15) is 0 Å². The Morgan fingerprint density at radius 3 is 2.39 bits per heavy atom. The lowest BCUT2D eigenvalue weighted by Crippen LogP contribution is -2.47. The molecule has 2 rings (SSSR count). The van der Waals surface area contributed by atoms with Crippen LogP contribution in [0, 0.1) is 5.82 Å². The molecule has 0 unspecified atom stereocenters. The van der Waals surface area contributed by atoms with Crippen molar-refractivity contribution in [3.8, 4) is 0 Å². The highest BCUT2D eigenvalue weighted by Crippen LogP contribution is 2.13. The lowest BCUT2D eigenvalue weighted by Gasteiger charge is -2.24. The second kappa shape index (κ2) is 7.74. The Morgan fingerprint density at radius 2 is 1.78 bits per heavy atom. The molecule has 0 radical (unpaired) electrons. The van der Waals surface area contributed by atoms with Gasteiger partial charge in [-0.1, -0.05) is 30.3 Å². The van der Waals surface area contributed by atoms with Gasteiger partial charge in [0.15, 0.2) is 0 Å². The third-order valence-corrected chi connectivity index (χ3v) is 3.73. The first kappa shape index (κ1) is 17.0. The van der Waals surface area contributed by atoms with E-state index in [1.165, 1.54) is 29.2 Å². The van der Waals surface area contributed by atoms with E-state index in [-0.39, 0.29) is 11.8 Å². The molecule has 0 fully saturated rings. The number of rotatable bonds is 5. The molecule has 0 bridgehead atoms.